The molecule has 1 aromatic heterocycles. The average Bonchev–Trinajstić information content (AvgIpc) is 2.05. The first-order valence-corrected chi connectivity index (χ1v) is 3.45. The number of aromatic nitrogens is 1. The number of nitrogens with two attached hydrogens (primary N) is 1. The summed E-state index contributed by atoms with van der Waals surface area (Å²) in [6, 6.07) is 1.57. The Morgan fingerprint density at radius 1 is 1.67 bits per heavy atom. The van der Waals surface area contributed by atoms with Crippen LogP contribution in [0.1, 0.15) is 16.1 Å². The molecule has 12 heavy (non-hydrogen) atoms. The molecule has 0 unspecified atom stereocenters. The summed E-state index contributed by atoms with van der Waals surface area (Å²) in [6.45, 7) is 1.72. The molecule has 0 aliphatic carbocycles. The van der Waals surface area contributed by atoms with Gasteiger partial charge in [-0.05, 0) is 13.0 Å². The van der Waals surface area contributed by atoms with E-state index in [1.807, 2.05) is 0 Å². The van der Waals surface area contributed by atoms with E-state index >= 15 is 0 Å². The van der Waals surface area contributed by atoms with Crippen molar-refractivity contribution in [3.05, 3.63) is 23.5 Å². The van der Waals surface area contributed by atoms with Crippen molar-refractivity contribution < 1.29 is 9.53 Å². The van der Waals surface area contributed by atoms with Gasteiger partial charge in [-0.25, -0.2) is 0 Å². The summed E-state index contributed by atoms with van der Waals surface area (Å²) < 4.78 is 4.89. The van der Waals surface area contributed by atoms with Crippen LogP contribution in [0.25, 0.3) is 0 Å². The van der Waals surface area contributed by atoms with Gasteiger partial charge in [0.1, 0.15) is 5.75 Å². The number of rotatable bonds is 2. The van der Waals surface area contributed by atoms with Gasteiger partial charge >= 0.3 is 0 Å². The number of methoxy groups -OCH3 is 1. The zero-order valence-electron chi connectivity index (χ0n) is 7.00. The van der Waals surface area contributed by atoms with Crippen molar-refractivity contribution in [2.24, 2.45) is 5.73 Å². The third-order valence-electron chi connectivity index (χ3n) is 1.56. The summed E-state index contributed by atoms with van der Waals surface area (Å²) in [4.78, 5) is 14.8. The van der Waals surface area contributed by atoms with Gasteiger partial charge in [0.2, 0.25) is 0 Å². The molecular weight excluding hydrogens is 156 g/mol. The molecule has 1 aromatic rings. The normalized spacial score (nSPS) is 9.50. The van der Waals surface area contributed by atoms with Gasteiger partial charge in [-0.1, -0.05) is 0 Å². The first-order valence-electron chi connectivity index (χ1n) is 3.45. The second-order valence-electron chi connectivity index (χ2n) is 2.37. The number of aryl methyl sites for hydroxylation is 1. The first kappa shape index (κ1) is 8.52. The highest BCUT2D eigenvalue weighted by Crippen LogP contribution is 2.13. The van der Waals surface area contributed by atoms with Crippen molar-refractivity contribution in [2.45, 2.75) is 6.92 Å². The molecule has 4 nitrogen and oxygen atoms in total. The fraction of sp³-hybridized carbons (Fsp3) is 0.250. The van der Waals surface area contributed by atoms with Gasteiger partial charge in [0.15, 0.2) is 0 Å². The minimum absolute atomic E-state index is 0.398. The maximum Gasteiger partial charge on any atom is 0.250 e. The lowest BCUT2D eigenvalue weighted by Gasteiger charge is -2.03. The number of carbonyl (C=O) groups is 1. The van der Waals surface area contributed by atoms with Gasteiger partial charge in [-0.2, -0.15) is 0 Å². The quantitative estimate of drug-likeness (QED) is 0.695. The Labute approximate surface area is 70.4 Å². The number of carbonyl (C=O) groups excluding carboxylic acids is 1. The number of hydrogen-bond donors (Lipinski definition) is 1. The van der Waals surface area contributed by atoms with Gasteiger partial charge in [0.05, 0.1) is 24.6 Å². The Morgan fingerprint density at radius 3 is 2.83 bits per heavy atom. The van der Waals surface area contributed by atoms with Crippen LogP contribution in [0.3, 0.4) is 0 Å². The summed E-state index contributed by atoms with van der Waals surface area (Å²) in [6.07, 6.45) is 1.54. The van der Waals surface area contributed by atoms with Crippen LogP contribution < -0.4 is 10.5 Å². The third-order valence-corrected chi connectivity index (χ3v) is 1.56. The van der Waals surface area contributed by atoms with E-state index in [0.29, 0.717) is 17.0 Å². The molecule has 64 valence electrons. The van der Waals surface area contributed by atoms with Gasteiger partial charge in [0, 0.05) is 0 Å². The maximum atomic E-state index is 10.8. The van der Waals surface area contributed by atoms with E-state index < -0.39 is 5.91 Å². The molecule has 0 radical (unpaired) electrons. The molecule has 0 aromatic carbocycles. The summed E-state index contributed by atoms with van der Waals surface area (Å²) in [5.74, 6) is 0.0494. The number of primary amides is 1. The monoisotopic (exact) mass is 166 g/mol. The van der Waals surface area contributed by atoms with Gasteiger partial charge in [-0.15, -0.1) is 0 Å². The Morgan fingerprint density at radius 2 is 2.33 bits per heavy atom. The molecule has 0 spiro atoms. The summed E-state index contributed by atoms with van der Waals surface area (Å²) in [5, 5.41) is 0. The van der Waals surface area contributed by atoms with Crippen LogP contribution >= 0.6 is 0 Å². The molecule has 1 heterocycles. The molecule has 1 amide bonds. The summed E-state index contributed by atoms with van der Waals surface area (Å²) in [5.41, 5.74) is 6.12. The highest BCUT2D eigenvalue weighted by molar-refractivity contribution is 5.94. The van der Waals surface area contributed by atoms with E-state index in [1.54, 1.807) is 19.2 Å². The second-order valence-corrected chi connectivity index (χ2v) is 2.37. The molecule has 0 atom stereocenters. The van der Waals surface area contributed by atoms with E-state index in [9.17, 15) is 4.79 Å². The smallest absolute Gasteiger partial charge is 0.250 e. The van der Waals surface area contributed by atoms with Crippen LogP contribution in [0, 0.1) is 6.92 Å². The van der Waals surface area contributed by atoms with Gasteiger partial charge < -0.3 is 10.5 Å². The number of hydrogen-bond acceptors (Lipinski definition) is 3. The van der Waals surface area contributed by atoms with E-state index in [2.05, 4.69) is 4.98 Å². The molecule has 0 saturated carbocycles. The van der Waals surface area contributed by atoms with Gasteiger partial charge in [-0.3, -0.25) is 9.78 Å². The molecule has 4 heteroatoms. The second kappa shape index (κ2) is 3.21. The van der Waals surface area contributed by atoms with Crippen LogP contribution in [-0.4, -0.2) is 18.0 Å². The fourth-order valence-corrected chi connectivity index (χ4v) is 0.875. The van der Waals surface area contributed by atoms with Crippen molar-refractivity contribution in [2.75, 3.05) is 7.11 Å². The lowest BCUT2D eigenvalue weighted by molar-refractivity contribution is 0.0999. The van der Waals surface area contributed by atoms with E-state index in [4.69, 9.17) is 10.5 Å². The Kier molecular flexibility index (Phi) is 2.28. The highest BCUT2D eigenvalue weighted by atomic mass is 16.5. The lowest BCUT2D eigenvalue weighted by atomic mass is 10.2. The predicted octanol–water partition coefficient (Wildman–Crippen LogP) is 0.498. The number of pyridine rings is 1. The minimum atomic E-state index is -0.487. The Bertz CT molecular complexity index is 310. The molecule has 0 aliphatic rings. The topological polar surface area (TPSA) is 65.2 Å². The number of ether oxygens (including phenoxy) is 1. The van der Waals surface area contributed by atoms with E-state index in [0.717, 1.165) is 0 Å². The molecular formula is C8H10N2O2. The zero-order chi connectivity index (χ0) is 9.14. The number of nitrogens with zero attached hydrogens (tertiary/aromatic N) is 1. The average molecular weight is 166 g/mol. The fourth-order valence-electron chi connectivity index (χ4n) is 0.875. The molecule has 0 fully saturated rings. The molecule has 0 saturated heterocycles. The molecule has 1 rings (SSSR count). The number of amides is 1. The van der Waals surface area contributed by atoms with Crippen molar-refractivity contribution in [3.8, 4) is 5.75 Å². The lowest BCUT2D eigenvalue weighted by Crippen LogP contribution is -2.13. The summed E-state index contributed by atoms with van der Waals surface area (Å²) >= 11 is 0. The van der Waals surface area contributed by atoms with Crippen LogP contribution in [0.5, 0.6) is 5.75 Å². The van der Waals surface area contributed by atoms with Crippen LogP contribution in [-0.2, 0) is 0 Å². The SMILES string of the molecule is COc1cnc(C)c(C(N)=O)c1. The van der Waals surface area contributed by atoms with Crippen LogP contribution in [0.15, 0.2) is 12.3 Å². The largest absolute Gasteiger partial charge is 0.495 e. The van der Waals surface area contributed by atoms with E-state index in [-0.39, 0.29) is 0 Å². The van der Waals surface area contributed by atoms with Crippen LogP contribution in [0.2, 0.25) is 0 Å². The maximum absolute atomic E-state index is 10.8. The van der Waals surface area contributed by atoms with Crippen LogP contribution in [0.4, 0.5) is 0 Å². The van der Waals surface area contributed by atoms with Crippen molar-refractivity contribution in [3.63, 3.8) is 0 Å². The van der Waals surface area contributed by atoms with E-state index in [1.165, 1.54) is 7.11 Å². The van der Waals surface area contributed by atoms with Crippen molar-refractivity contribution in [1.29, 1.82) is 0 Å². The standard InChI is InChI=1S/C8H10N2O2/c1-5-7(8(9)11)3-6(12-2)4-10-5/h3-4H,1-2H3,(H2,9,11). The Hall–Kier alpha value is -1.58. The molecule has 2 N–H and O–H groups in total. The Balaban J connectivity index is 3.17. The predicted molar refractivity (Wildman–Crippen MR) is 44.0 cm³/mol. The molecule has 0 bridgehead atoms. The van der Waals surface area contributed by atoms with Crippen molar-refractivity contribution in [1.82, 2.24) is 4.98 Å². The third kappa shape index (κ3) is 1.53. The van der Waals surface area contributed by atoms with Gasteiger partial charge in [0.25, 0.3) is 5.91 Å². The van der Waals surface area contributed by atoms with Crippen molar-refractivity contribution >= 4 is 5.91 Å². The molecule has 0 aliphatic heterocycles. The first-order chi connectivity index (χ1) is 5.65. The highest BCUT2D eigenvalue weighted by Gasteiger charge is 2.06. The zero-order valence-corrected chi connectivity index (χ0v) is 7.00. The minimum Gasteiger partial charge on any atom is -0.495 e. The summed E-state index contributed by atoms with van der Waals surface area (Å²) in [7, 11) is 1.51.